The lowest BCUT2D eigenvalue weighted by Crippen LogP contribution is -1.98. The van der Waals surface area contributed by atoms with E-state index in [2.05, 4.69) is 150 Å². The molecule has 1 aromatic heterocycles. The maximum Gasteiger partial charge on any atom is 0.0649 e. The first-order valence-electron chi connectivity index (χ1n) is 13.3. The number of aliphatic imine (C=N–C) groups is 1. The fraction of sp³-hybridized carbons (Fsp3) is 0.0541. The van der Waals surface area contributed by atoms with Crippen LogP contribution in [0.15, 0.2) is 145 Å². The monoisotopic (exact) mass is 502 g/mol. The molecule has 6 rings (SSSR count). The highest BCUT2D eigenvalue weighted by Crippen LogP contribution is 2.33. The lowest BCUT2D eigenvalue weighted by Gasteiger charge is -2.11. The van der Waals surface area contributed by atoms with Crippen molar-refractivity contribution in [3.8, 4) is 5.69 Å². The van der Waals surface area contributed by atoms with Gasteiger partial charge < -0.3 is 4.57 Å². The van der Waals surface area contributed by atoms with Crippen LogP contribution in [-0.4, -0.2) is 17.3 Å². The average molecular weight is 503 g/mol. The van der Waals surface area contributed by atoms with Gasteiger partial charge in [0.1, 0.15) is 0 Å². The summed E-state index contributed by atoms with van der Waals surface area (Å²) in [4.78, 5) is 4.61. The van der Waals surface area contributed by atoms with Gasteiger partial charge in [0.2, 0.25) is 0 Å². The van der Waals surface area contributed by atoms with Crippen LogP contribution in [0.2, 0.25) is 0 Å². The smallest absolute Gasteiger partial charge is 0.0649 e. The van der Waals surface area contributed by atoms with E-state index in [1.165, 1.54) is 27.4 Å². The largest absolute Gasteiger partial charge is 0.309 e. The van der Waals surface area contributed by atoms with Gasteiger partial charge in [0.15, 0.2) is 0 Å². The topological polar surface area (TPSA) is 17.3 Å². The van der Waals surface area contributed by atoms with Gasteiger partial charge in [-0.15, -0.1) is 0 Å². The van der Waals surface area contributed by atoms with E-state index in [0.717, 1.165) is 33.7 Å². The Hall–Kier alpha value is -4.95. The third-order valence-corrected chi connectivity index (χ3v) is 7.14. The maximum atomic E-state index is 4.61. The summed E-state index contributed by atoms with van der Waals surface area (Å²) < 4.78 is 2.36. The van der Waals surface area contributed by atoms with Crippen LogP contribution >= 0.6 is 0 Å². The molecule has 0 spiro atoms. The van der Waals surface area contributed by atoms with Gasteiger partial charge in [-0.1, -0.05) is 115 Å². The highest BCUT2D eigenvalue weighted by Gasteiger charge is 2.12. The number of nitrogens with zero attached hydrogens (tertiary/aromatic N) is 2. The number of aromatic nitrogens is 1. The van der Waals surface area contributed by atoms with Crippen molar-refractivity contribution in [3.63, 3.8) is 0 Å². The van der Waals surface area contributed by atoms with E-state index in [9.17, 15) is 0 Å². The molecular formula is C37H30N2. The van der Waals surface area contributed by atoms with Crippen molar-refractivity contribution < 1.29 is 0 Å². The zero-order valence-corrected chi connectivity index (χ0v) is 22.3. The SMILES string of the molecule is CN=C(/C=C(\C=C\c1ccccc1)c1ccc(-n2c3ccccc3c3cc(C)ccc32)cc1)c1ccccc1. The van der Waals surface area contributed by atoms with Crippen molar-refractivity contribution in [2.75, 3.05) is 7.05 Å². The molecule has 0 atom stereocenters. The van der Waals surface area contributed by atoms with Crippen LogP contribution in [0, 0.1) is 6.92 Å². The Morgan fingerprint density at radius 3 is 2.05 bits per heavy atom. The summed E-state index contributed by atoms with van der Waals surface area (Å²) in [6.45, 7) is 2.15. The molecule has 2 nitrogen and oxygen atoms in total. The Labute approximate surface area is 229 Å². The molecule has 6 aromatic rings. The van der Waals surface area contributed by atoms with Gasteiger partial charge in [-0.25, -0.2) is 0 Å². The molecule has 0 aliphatic rings. The van der Waals surface area contributed by atoms with Crippen LogP contribution in [0.4, 0.5) is 0 Å². The Morgan fingerprint density at radius 2 is 1.31 bits per heavy atom. The predicted octanol–water partition coefficient (Wildman–Crippen LogP) is 9.31. The van der Waals surface area contributed by atoms with Crippen molar-refractivity contribution in [2.24, 2.45) is 4.99 Å². The second kappa shape index (κ2) is 10.8. The minimum absolute atomic E-state index is 0.949. The predicted molar refractivity (Wildman–Crippen MR) is 168 cm³/mol. The average Bonchev–Trinajstić information content (AvgIpc) is 3.32. The molecule has 0 saturated heterocycles. The van der Waals surface area contributed by atoms with E-state index in [0.29, 0.717) is 0 Å². The number of para-hydroxylation sites is 1. The van der Waals surface area contributed by atoms with Crippen LogP contribution in [0.25, 0.3) is 39.1 Å². The number of fused-ring (bicyclic) bond motifs is 3. The molecule has 0 saturated carbocycles. The Bertz CT molecular complexity index is 1840. The van der Waals surface area contributed by atoms with Gasteiger partial charge in [0.25, 0.3) is 0 Å². The van der Waals surface area contributed by atoms with Gasteiger partial charge in [-0.2, -0.15) is 0 Å². The van der Waals surface area contributed by atoms with Crippen LogP contribution in [0.3, 0.4) is 0 Å². The highest BCUT2D eigenvalue weighted by atomic mass is 15.0. The van der Waals surface area contributed by atoms with Crippen molar-refractivity contribution >= 4 is 39.2 Å². The fourth-order valence-electron chi connectivity index (χ4n) is 5.18. The molecule has 5 aromatic carbocycles. The second-order valence-electron chi connectivity index (χ2n) is 9.74. The van der Waals surface area contributed by atoms with E-state index in [1.54, 1.807) is 0 Å². The molecule has 0 fully saturated rings. The first kappa shape index (κ1) is 24.4. The summed E-state index contributed by atoms with van der Waals surface area (Å²) in [6.07, 6.45) is 6.52. The quantitative estimate of drug-likeness (QED) is 0.159. The van der Waals surface area contributed by atoms with Crippen LogP contribution < -0.4 is 0 Å². The lowest BCUT2D eigenvalue weighted by atomic mass is 9.99. The second-order valence-corrected chi connectivity index (χ2v) is 9.74. The summed E-state index contributed by atoms with van der Waals surface area (Å²) in [7, 11) is 1.85. The van der Waals surface area contributed by atoms with Gasteiger partial charge >= 0.3 is 0 Å². The summed E-state index contributed by atoms with van der Waals surface area (Å²) in [5, 5.41) is 2.56. The summed E-state index contributed by atoms with van der Waals surface area (Å²) in [5.74, 6) is 0. The molecule has 0 bridgehead atoms. The van der Waals surface area contributed by atoms with Crippen LogP contribution in [-0.2, 0) is 0 Å². The maximum absolute atomic E-state index is 4.61. The Morgan fingerprint density at radius 1 is 0.641 bits per heavy atom. The Balaban J connectivity index is 1.45. The lowest BCUT2D eigenvalue weighted by molar-refractivity contribution is 1.18. The number of rotatable bonds is 6. The van der Waals surface area contributed by atoms with E-state index < -0.39 is 0 Å². The standard InChI is InChI=1S/C37H30N2/c1-27-17-24-37-34(25-27)33-15-9-10-16-36(33)39(37)32-22-20-29(21-23-32)31(19-18-28-11-5-3-6-12-28)26-35(38-2)30-13-7-4-8-14-30/h3-26H,1-2H3/b19-18+,31-26+,38-35?. The normalized spacial score (nSPS) is 12.6. The van der Waals surface area contributed by atoms with Gasteiger partial charge in [0.05, 0.1) is 16.7 Å². The third kappa shape index (κ3) is 4.97. The summed E-state index contributed by atoms with van der Waals surface area (Å²) in [6, 6.07) is 45.0. The molecule has 0 N–H and O–H groups in total. The minimum atomic E-state index is 0.949. The first-order chi connectivity index (χ1) is 19.2. The van der Waals surface area contributed by atoms with E-state index in [-0.39, 0.29) is 0 Å². The molecule has 39 heavy (non-hydrogen) atoms. The number of aryl methyl sites for hydroxylation is 1. The van der Waals surface area contributed by atoms with Gasteiger partial charge in [-0.05, 0) is 65.6 Å². The number of benzene rings is 5. The van der Waals surface area contributed by atoms with E-state index in [1.807, 2.05) is 19.2 Å². The molecule has 0 unspecified atom stereocenters. The van der Waals surface area contributed by atoms with E-state index in [4.69, 9.17) is 0 Å². The zero-order chi connectivity index (χ0) is 26.6. The van der Waals surface area contributed by atoms with Crippen molar-refractivity contribution in [2.45, 2.75) is 6.92 Å². The molecule has 0 aliphatic carbocycles. The van der Waals surface area contributed by atoms with Crippen LogP contribution in [0.5, 0.6) is 0 Å². The Kier molecular flexibility index (Phi) is 6.76. The number of hydrogen-bond acceptors (Lipinski definition) is 1. The molecule has 0 amide bonds. The summed E-state index contributed by atoms with van der Waals surface area (Å²) >= 11 is 0. The van der Waals surface area contributed by atoms with Crippen molar-refractivity contribution in [1.29, 1.82) is 0 Å². The zero-order valence-electron chi connectivity index (χ0n) is 22.3. The highest BCUT2D eigenvalue weighted by molar-refractivity contribution is 6.13. The third-order valence-electron chi connectivity index (χ3n) is 7.14. The first-order valence-corrected chi connectivity index (χ1v) is 13.3. The number of allylic oxidation sites excluding steroid dienone is 3. The summed E-state index contributed by atoms with van der Waals surface area (Å²) in [5.41, 5.74) is 10.3. The minimum Gasteiger partial charge on any atom is -0.309 e. The molecule has 2 heteroatoms. The van der Waals surface area contributed by atoms with Crippen molar-refractivity contribution in [1.82, 2.24) is 4.57 Å². The van der Waals surface area contributed by atoms with Gasteiger partial charge in [0, 0.05) is 23.5 Å². The molecule has 1 heterocycles. The molecule has 0 aliphatic heterocycles. The number of hydrogen-bond donors (Lipinski definition) is 0. The molecule has 188 valence electrons. The van der Waals surface area contributed by atoms with E-state index >= 15 is 0 Å². The molecular weight excluding hydrogens is 472 g/mol. The molecule has 0 radical (unpaired) electrons. The van der Waals surface area contributed by atoms with Crippen molar-refractivity contribution in [3.05, 3.63) is 162 Å². The van der Waals surface area contributed by atoms with Gasteiger partial charge in [-0.3, -0.25) is 4.99 Å². The fourth-order valence-corrected chi connectivity index (χ4v) is 5.18. The van der Waals surface area contributed by atoms with Crippen LogP contribution in [0.1, 0.15) is 22.3 Å².